The van der Waals surface area contributed by atoms with Gasteiger partial charge in [0, 0.05) is 35.5 Å². The highest BCUT2D eigenvalue weighted by Gasteiger charge is 2.34. The number of pyridine rings is 1. The lowest BCUT2D eigenvalue weighted by atomic mass is 10.0. The molecular formula is C26H24N2O6. The van der Waals surface area contributed by atoms with Crippen LogP contribution in [0.2, 0.25) is 0 Å². The average Bonchev–Trinajstić information content (AvgIpc) is 3.71. The third-order valence-electron chi connectivity index (χ3n) is 5.46. The lowest BCUT2D eigenvalue weighted by Gasteiger charge is -2.24. The first-order valence-corrected chi connectivity index (χ1v) is 10.8. The summed E-state index contributed by atoms with van der Waals surface area (Å²) < 4.78 is 10.8. The third kappa shape index (κ3) is 5.40. The summed E-state index contributed by atoms with van der Waals surface area (Å²) in [7, 11) is 1.48. The second-order valence-electron chi connectivity index (χ2n) is 7.95. The molecule has 1 aliphatic rings. The molecular weight excluding hydrogens is 436 g/mol. The molecule has 8 heteroatoms. The normalized spacial score (nSPS) is 12.6. The molecule has 3 aromatic rings. The summed E-state index contributed by atoms with van der Waals surface area (Å²) in [5.41, 5.74) is 1.62. The number of aliphatic carboxylic acids is 1. The SMILES string of the molecule is COc1cc(C(=O)c2ccccn2)cc(C(=O)N(Cc2ccccc2OCC(=O)O)C2CC2)c1. The Bertz CT molecular complexity index is 1210. The van der Waals surface area contributed by atoms with Gasteiger partial charge in [-0.3, -0.25) is 14.6 Å². The second-order valence-corrected chi connectivity index (χ2v) is 7.95. The van der Waals surface area contributed by atoms with Crippen molar-refractivity contribution in [2.45, 2.75) is 25.4 Å². The summed E-state index contributed by atoms with van der Waals surface area (Å²) in [6, 6.07) is 16.9. The third-order valence-corrected chi connectivity index (χ3v) is 5.46. The Morgan fingerprint density at radius 1 is 1.03 bits per heavy atom. The average molecular weight is 460 g/mol. The standard InChI is InChI=1S/C26H24N2O6/c1-33-21-13-18(25(31)22-7-4-5-11-27-22)12-19(14-21)26(32)28(20-9-10-20)15-17-6-2-3-8-23(17)34-16-24(29)30/h2-8,11-14,20H,9-10,15-16H2,1H3,(H,29,30). The first-order valence-electron chi connectivity index (χ1n) is 10.8. The summed E-state index contributed by atoms with van der Waals surface area (Å²) in [6.45, 7) is -0.219. The van der Waals surface area contributed by atoms with Gasteiger partial charge in [-0.25, -0.2) is 4.79 Å². The van der Waals surface area contributed by atoms with Crippen molar-refractivity contribution in [1.29, 1.82) is 0 Å². The van der Waals surface area contributed by atoms with Gasteiger partial charge in [-0.15, -0.1) is 0 Å². The number of rotatable bonds is 10. The number of ketones is 1. The van der Waals surface area contributed by atoms with Crippen molar-refractivity contribution in [2.75, 3.05) is 13.7 Å². The Morgan fingerprint density at radius 3 is 2.44 bits per heavy atom. The molecule has 0 saturated heterocycles. The van der Waals surface area contributed by atoms with Gasteiger partial charge >= 0.3 is 5.97 Å². The largest absolute Gasteiger partial charge is 0.497 e. The number of nitrogens with zero attached hydrogens (tertiary/aromatic N) is 2. The quantitative estimate of drug-likeness (QED) is 0.461. The molecule has 1 saturated carbocycles. The molecule has 1 amide bonds. The van der Waals surface area contributed by atoms with Gasteiger partial charge in [0.15, 0.2) is 6.61 Å². The minimum Gasteiger partial charge on any atom is -0.497 e. The highest BCUT2D eigenvalue weighted by atomic mass is 16.5. The molecule has 0 radical (unpaired) electrons. The Hall–Kier alpha value is -4.20. The van der Waals surface area contributed by atoms with Gasteiger partial charge in [0.2, 0.25) is 5.78 Å². The Balaban J connectivity index is 1.63. The lowest BCUT2D eigenvalue weighted by molar-refractivity contribution is -0.139. The van der Waals surface area contributed by atoms with E-state index in [4.69, 9.17) is 14.6 Å². The second kappa shape index (κ2) is 10.2. The molecule has 174 valence electrons. The Kier molecular flexibility index (Phi) is 6.87. The van der Waals surface area contributed by atoms with Crippen molar-refractivity contribution in [3.05, 3.63) is 89.2 Å². The van der Waals surface area contributed by atoms with Crippen molar-refractivity contribution in [1.82, 2.24) is 9.88 Å². The van der Waals surface area contributed by atoms with Crippen LogP contribution in [0.5, 0.6) is 11.5 Å². The van der Waals surface area contributed by atoms with E-state index in [0.717, 1.165) is 12.8 Å². The Labute approximate surface area is 196 Å². The minimum atomic E-state index is -1.08. The topological polar surface area (TPSA) is 106 Å². The van der Waals surface area contributed by atoms with Crippen LogP contribution in [0.15, 0.2) is 66.9 Å². The number of aromatic nitrogens is 1. The summed E-state index contributed by atoms with van der Waals surface area (Å²) in [4.78, 5) is 43.3. The van der Waals surface area contributed by atoms with Gasteiger partial charge in [0.25, 0.3) is 5.91 Å². The van der Waals surface area contributed by atoms with Crippen molar-refractivity contribution in [3.63, 3.8) is 0 Å². The fraction of sp³-hybridized carbons (Fsp3) is 0.231. The first kappa shape index (κ1) is 23.0. The van der Waals surface area contributed by atoms with Crippen molar-refractivity contribution < 1.29 is 29.0 Å². The first-order chi connectivity index (χ1) is 16.5. The van der Waals surface area contributed by atoms with Crippen LogP contribution in [-0.2, 0) is 11.3 Å². The monoisotopic (exact) mass is 460 g/mol. The molecule has 0 bridgehead atoms. The minimum absolute atomic E-state index is 0.0566. The van der Waals surface area contributed by atoms with Crippen LogP contribution in [0.3, 0.4) is 0 Å². The number of ether oxygens (including phenoxy) is 2. The summed E-state index contributed by atoms with van der Waals surface area (Å²) in [6.07, 6.45) is 3.28. The number of benzene rings is 2. The van der Waals surface area contributed by atoms with E-state index in [1.54, 1.807) is 59.5 Å². The molecule has 8 nitrogen and oxygen atoms in total. The van der Waals surface area contributed by atoms with E-state index < -0.39 is 12.6 Å². The van der Waals surface area contributed by atoms with Crippen LogP contribution in [0.4, 0.5) is 0 Å². The van der Waals surface area contributed by atoms with Gasteiger partial charge in [-0.1, -0.05) is 24.3 Å². The van der Waals surface area contributed by atoms with Crippen molar-refractivity contribution in [2.24, 2.45) is 0 Å². The zero-order valence-corrected chi connectivity index (χ0v) is 18.6. The number of hydrogen-bond donors (Lipinski definition) is 1. The van der Waals surface area contributed by atoms with Crippen LogP contribution in [0, 0.1) is 0 Å². The van der Waals surface area contributed by atoms with E-state index in [1.807, 2.05) is 6.07 Å². The van der Waals surface area contributed by atoms with Crippen LogP contribution < -0.4 is 9.47 Å². The fourth-order valence-corrected chi connectivity index (χ4v) is 3.63. The summed E-state index contributed by atoms with van der Waals surface area (Å²) in [5, 5.41) is 8.95. The maximum atomic E-state index is 13.6. The smallest absolute Gasteiger partial charge is 0.341 e. The molecule has 1 heterocycles. The maximum absolute atomic E-state index is 13.6. The van der Waals surface area contributed by atoms with E-state index in [0.29, 0.717) is 28.2 Å². The zero-order valence-electron chi connectivity index (χ0n) is 18.6. The maximum Gasteiger partial charge on any atom is 0.341 e. The molecule has 0 atom stereocenters. The van der Waals surface area contributed by atoms with Gasteiger partial charge in [0.05, 0.1) is 7.11 Å². The number of carboxylic acid groups (broad SMARTS) is 1. The fourth-order valence-electron chi connectivity index (χ4n) is 3.63. The van der Waals surface area contributed by atoms with Crippen molar-refractivity contribution >= 4 is 17.7 Å². The van der Waals surface area contributed by atoms with E-state index in [2.05, 4.69) is 4.98 Å². The lowest BCUT2D eigenvalue weighted by Crippen LogP contribution is -2.33. The number of methoxy groups -OCH3 is 1. The number of hydrogen-bond acceptors (Lipinski definition) is 6. The molecule has 34 heavy (non-hydrogen) atoms. The summed E-state index contributed by atoms with van der Waals surface area (Å²) in [5.74, 6) is -0.819. The molecule has 1 aromatic heterocycles. The van der Waals surface area contributed by atoms with Crippen LogP contribution >= 0.6 is 0 Å². The van der Waals surface area contributed by atoms with Crippen molar-refractivity contribution in [3.8, 4) is 11.5 Å². The van der Waals surface area contributed by atoms with Crippen LogP contribution in [0.1, 0.15) is 44.8 Å². The number of carbonyl (C=O) groups is 3. The molecule has 0 unspecified atom stereocenters. The predicted molar refractivity (Wildman–Crippen MR) is 123 cm³/mol. The van der Waals surface area contributed by atoms with E-state index in [9.17, 15) is 14.4 Å². The number of amides is 1. The zero-order chi connectivity index (χ0) is 24.1. The van der Waals surface area contributed by atoms with Gasteiger partial charge in [0.1, 0.15) is 17.2 Å². The molecule has 1 N–H and O–H groups in total. The van der Waals surface area contributed by atoms with Gasteiger partial charge < -0.3 is 19.5 Å². The molecule has 4 rings (SSSR count). The molecule has 1 fully saturated rings. The molecule has 1 aliphatic carbocycles. The highest BCUT2D eigenvalue weighted by molar-refractivity contribution is 6.09. The molecule has 0 spiro atoms. The number of para-hydroxylation sites is 1. The van der Waals surface area contributed by atoms with E-state index in [-0.39, 0.29) is 30.0 Å². The van der Waals surface area contributed by atoms with E-state index in [1.165, 1.54) is 13.3 Å². The van der Waals surface area contributed by atoms with Gasteiger partial charge in [-0.2, -0.15) is 0 Å². The van der Waals surface area contributed by atoms with Gasteiger partial charge in [-0.05, 0) is 49.2 Å². The van der Waals surface area contributed by atoms with E-state index >= 15 is 0 Å². The van der Waals surface area contributed by atoms with Crippen LogP contribution in [0.25, 0.3) is 0 Å². The number of carbonyl (C=O) groups excluding carboxylic acids is 2. The summed E-state index contributed by atoms with van der Waals surface area (Å²) >= 11 is 0. The molecule has 0 aliphatic heterocycles. The molecule has 2 aromatic carbocycles. The predicted octanol–water partition coefficient (Wildman–Crippen LogP) is 3.59. The Morgan fingerprint density at radius 2 is 1.76 bits per heavy atom. The number of carboxylic acids is 1. The van der Waals surface area contributed by atoms with Crippen LogP contribution in [-0.4, -0.2) is 52.4 Å². The highest BCUT2D eigenvalue weighted by Crippen LogP contribution is 2.32.